The van der Waals surface area contributed by atoms with Gasteiger partial charge in [0.2, 0.25) is 11.8 Å². The number of hydrogen-bond acceptors (Lipinski definition) is 6. The van der Waals surface area contributed by atoms with Crippen LogP contribution in [0.3, 0.4) is 0 Å². The summed E-state index contributed by atoms with van der Waals surface area (Å²) in [6, 6.07) is 0. The average Bonchev–Trinajstić information content (AvgIpc) is 2.74. The molecule has 0 aliphatic carbocycles. The second kappa shape index (κ2) is 13.0. The first-order valence-corrected chi connectivity index (χ1v) is 11.6. The van der Waals surface area contributed by atoms with Crippen LogP contribution in [0.25, 0.3) is 0 Å². The normalized spacial score (nSPS) is 28.9. The first-order valence-electron chi connectivity index (χ1n) is 11.6. The molecule has 1 saturated heterocycles. The number of rotatable bonds is 6. The second-order valence-electron chi connectivity index (χ2n) is 8.96. The molecular formula is C26H35NO6. The number of carbonyl (C=O) groups is 4. The van der Waals surface area contributed by atoms with Gasteiger partial charge in [-0.3, -0.25) is 19.7 Å². The first-order chi connectivity index (χ1) is 15.7. The Morgan fingerprint density at radius 1 is 1.18 bits per heavy atom. The van der Waals surface area contributed by atoms with Gasteiger partial charge in [-0.05, 0) is 50.2 Å². The third-order valence-electron chi connectivity index (χ3n) is 6.01. The van der Waals surface area contributed by atoms with Crippen LogP contribution in [0, 0.1) is 17.8 Å². The highest BCUT2D eigenvalue weighted by atomic mass is 16.5. The molecule has 2 aliphatic rings. The van der Waals surface area contributed by atoms with E-state index in [1.807, 2.05) is 19.1 Å². The maximum Gasteiger partial charge on any atom is 0.331 e. The minimum atomic E-state index is -0.688. The van der Waals surface area contributed by atoms with E-state index in [1.165, 1.54) is 12.2 Å². The van der Waals surface area contributed by atoms with Gasteiger partial charge in [-0.25, -0.2) is 4.79 Å². The maximum atomic E-state index is 12.6. The molecule has 0 unspecified atom stereocenters. The summed E-state index contributed by atoms with van der Waals surface area (Å²) in [4.78, 5) is 47.8. The van der Waals surface area contributed by atoms with Crippen molar-refractivity contribution in [2.24, 2.45) is 17.8 Å². The number of carbonyl (C=O) groups excluding carboxylic acids is 4. The van der Waals surface area contributed by atoms with Crippen molar-refractivity contribution >= 4 is 23.6 Å². The van der Waals surface area contributed by atoms with Crippen molar-refractivity contribution in [1.29, 1.82) is 0 Å². The van der Waals surface area contributed by atoms with Gasteiger partial charge in [0.25, 0.3) is 0 Å². The summed E-state index contributed by atoms with van der Waals surface area (Å²) in [5, 5.41) is 12.8. The van der Waals surface area contributed by atoms with Crippen molar-refractivity contribution in [3.8, 4) is 0 Å². The van der Waals surface area contributed by atoms with E-state index in [0.29, 0.717) is 24.8 Å². The predicted octanol–water partition coefficient (Wildman–Crippen LogP) is 3.34. The number of aliphatic hydroxyl groups excluding tert-OH is 1. The summed E-state index contributed by atoms with van der Waals surface area (Å²) in [5.41, 5.74) is 0.702. The van der Waals surface area contributed by atoms with Gasteiger partial charge in [-0.15, -0.1) is 0 Å². The number of amides is 2. The molecule has 0 bridgehead atoms. The number of allylic oxidation sites excluding steroid dienone is 5. The lowest BCUT2D eigenvalue weighted by Crippen LogP contribution is -2.38. The number of nitrogens with one attached hydrogen (secondary N) is 1. The fourth-order valence-electron chi connectivity index (χ4n) is 4.04. The molecule has 2 N–H and O–H groups in total. The summed E-state index contributed by atoms with van der Waals surface area (Å²) in [7, 11) is 0. The molecule has 0 spiro atoms. The number of imide groups is 1. The minimum absolute atomic E-state index is 0.0945. The Bertz CT molecular complexity index is 837. The van der Waals surface area contributed by atoms with Crippen LogP contribution in [0.4, 0.5) is 0 Å². The van der Waals surface area contributed by atoms with Crippen molar-refractivity contribution in [2.75, 3.05) is 0 Å². The summed E-state index contributed by atoms with van der Waals surface area (Å²) >= 11 is 0. The van der Waals surface area contributed by atoms with Crippen LogP contribution in [-0.4, -0.2) is 40.9 Å². The molecule has 0 aromatic carbocycles. The fourth-order valence-corrected chi connectivity index (χ4v) is 4.04. The van der Waals surface area contributed by atoms with Crippen LogP contribution >= 0.6 is 0 Å². The third-order valence-corrected chi connectivity index (χ3v) is 6.01. The van der Waals surface area contributed by atoms with Gasteiger partial charge in [0.1, 0.15) is 6.10 Å². The Morgan fingerprint density at radius 3 is 2.55 bits per heavy atom. The van der Waals surface area contributed by atoms with Gasteiger partial charge >= 0.3 is 5.97 Å². The van der Waals surface area contributed by atoms with Gasteiger partial charge in [-0.2, -0.15) is 0 Å². The Kier molecular flexibility index (Phi) is 10.5. The number of aliphatic hydroxyl groups is 1. The molecule has 2 heterocycles. The molecule has 4 atom stereocenters. The third kappa shape index (κ3) is 8.92. The molecule has 0 aromatic rings. The van der Waals surface area contributed by atoms with E-state index < -0.39 is 24.1 Å². The second-order valence-corrected chi connectivity index (χ2v) is 8.96. The quantitative estimate of drug-likeness (QED) is 0.274. The maximum absolute atomic E-state index is 12.6. The zero-order valence-electron chi connectivity index (χ0n) is 19.7. The number of ether oxygens (including phenoxy) is 1. The highest BCUT2D eigenvalue weighted by Gasteiger charge is 2.29. The molecule has 180 valence electrons. The molecular weight excluding hydrogens is 422 g/mol. The highest BCUT2D eigenvalue weighted by Crippen LogP contribution is 2.24. The molecule has 2 rings (SSSR count). The Balaban J connectivity index is 2.05. The molecule has 33 heavy (non-hydrogen) atoms. The van der Waals surface area contributed by atoms with Gasteiger partial charge < -0.3 is 9.84 Å². The monoisotopic (exact) mass is 457 g/mol. The van der Waals surface area contributed by atoms with Gasteiger partial charge in [-0.1, -0.05) is 44.2 Å². The standard InChI is InChI=1S/C26H35NO6/c1-17(21(28)12-9-10-20-15-23(30)27-24(31)16-20)14-18(2)26-19(3)22(29)11-7-5-4-6-8-13-25(32)33-26/h5,7-9,12-14,17,19-20,22,26,29H,4,6,10-11,15-16H2,1-3H3,(H,27,30,31)/b7-5+,12-9+,13-8+,18-14+/t17-,19-,22+,26-/m0/s1. The van der Waals surface area contributed by atoms with Crippen LogP contribution in [-0.2, 0) is 23.9 Å². The molecule has 0 aromatic heterocycles. The molecule has 7 heteroatoms. The Morgan fingerprint density at radius 2 is 1.85 bits per heavy atom. The Hall–Kier alpha value is -2.80. The van der Waals surface area contributed by atoms with E-state index in [-0.39, 0.29) is 42.3 Å². The van der Waals surface area contributed by atoms with Crippen LogP contribution in [0.5, 0.6) is 0 Å². The van der Waals surface area contributed by atoms with E-state index in [4.69, 9.17) is 4.74 Å². The lowest BCUT2D eigenvalue weighted by atomic mass is 9.88. The summed E-state index contributed by atoms with van der Waals surface area (Å²) in [5.74, 6) is -2.07. The van der Waals surface area contributed by atoms with Crippen molar-refractivity contribution < 1.29 is 29.0 Å². The number of esters is 1. The summed E-state index contributed by atoms with van der Waals surface area (Å²) in [6.07, 6.45) is 13.7. The predicted molar refractivity (Wildman–Crippen MR) is 125 cm³/mol. The number of ketones is 1. The van der Waals surface area contributed by atoms with Crippen molar-refractivity contribution in [2.45, 2.75) is 71.5 Å². The lowest BCUT2D eigenvalue weighted by Gasteiger charge is -2.28. The lowest BCUT2D eigenvalue weighted by molar-refractivity contribution is -0.145. The zero-order chi connectivity index (χ0) is 24.4. The first kappa shape index (κ1) is 26.5. The summed E-state index contributed by atoms with van der Waals surface area (Å²) in [6.45, 7) is 5.39. The Labute approximate surface area is 195 Å². The van der Waals surface area contributed by atoms with E-state index >= 15 is 0 Å². The minimum Gasteiger partial charge on any atom is -0.454 e. The number of hydrogen-bond donors (Lipinski definition) is 2. The van der Waals surface area contributed by atoms with Gasteiger partial charge in [0, 0.05) is 30.8 Å². The van der Waals surface area contributed by atoms with E-state index in [0.717, 1.165) is 6.42 Å². The molecule has 0 saturated carbocycles. The van der Waals surface area contributed by atoms with Crippen LogP contribution < -0.4 is 5.32 Å². The molecule has 1 fully saturated rings. The summed E-state index contributed by atoms with van der Waals surface area (Å²) < 4.78 is 5.65. The van der Waals surface area contributed by atoms with Crippen molar-refractivity contribution in [3.63, 3.8) is 0 Å². The molecule has 2 aliphatic heterocycles. The smallest absolute Gasteiger partial charge is 0.331 e. The molecule has 0 radical (unpaired) electrons. The zero-order valence-corrected chi connectivity index (χ0v) is 19.7. The highest BCUT2D eigenvalue weighted by molar-refractivity contribution is 5.97. The van der Waals surface area contributed by atoms with Crippen LogP contribution in [0.1, 0.15) is 59.3 Å². The van der Waals surface area contributed by atoms with E-state index in [2.05, 4.69) is 5.32 Å². The van der Waals surface area contributed by atoms with Crippen molar-refractivity contribution in [3.05, 3.63) is 48.1 Å². The van der Waals surface area contributed by atoms with Gasteiger partial charge in [0.05, 0.1) is 6.10 Å². The largest absolute Gasteiger partial charge is 0.454 e. The number of piperidine rings is 1. The molecule has 2 amide bonds. The van der Waals surface area contributed by atoms with E-state index in [9.17, 15) is 24.3 Å². The van der Waals surface area contributed by atoms with E-state index in [1.54, 1.807) is 32.1 Å². The van der Waals surface area contributed by atoms with Gasteiger partial charge in [0.15, 0.2) is 5.78 Å². The fraction of sp³-hybridized carbons (Fsp3) is 0.538. The molecule has 7 nitrogen and oxygen atoms in total. The average molecular weight is 458 g/mol. The van der Waals surface area contributed by atoms with Crippen molar-refractivity contribution in [1.82, 2.24) is 5.32 Å². The van der Waals surface area contributed by atoms with Crippen LogP contribution in [0.15, 0.2) is 48.1 Å². The van der Waals surface area contributed by atoms with Crippen LogP contribution in [0.2, 0.25) is 0 Å². The topological polar surface area (TPSA) is 110 Å². The SMILES string of the molecule is C/C(=C\[C@H](C)C(=O)/C=C/CC1CC(=O)NC(=O)C1)[C@@H]1OC(=O)/C=C/CC/C=C/C[C@@H](O)[C@@H]1C. The number of cyclic esters (lactones) is 1.